The summed E-state index contributed by atoms with van der Waals surface area (Å²) < 4.78 is 11.1. The third-order valence-electron chi connectivity index (χ3n) is 4.70. The molecule has 0 N–H and O–H groups in total. The number of carbonyl (C=O) groups excluding carboxylic acids is 1. The van der Waals surface area contributed by atoms with E-state index in [0.717, 1.165) is 17.0 Å². The molecule has 0 unspecified atom stereocenters. The number of hydrogen-bond donors (Lipinski definition) is 0. The number of hydrogen-bond acceptors (Lipinski definition) is 6. The molecular weight excluding hydrogens is 410 g/mol. The van der Waals surface area contributed by atoms with Crippen LogP contribution in [0.25, 0.3) is 17.4 Å². The maximum atomic E-state index is 12.9. The topological polar surface area (TPSA) is 78.8 Å². The van der Waals surface area contributed by atoms with Gasteiger partial charge in [-0.2, -0.15) is 5.26 Å². The number of amidine groups is 1. The van der Waals surface area contributed by atoms with Crippen LogP contribution in [0.1, 0.15) is 18.2 Å². The highest BCUT2D eigenvalue weighted by molar-refractivity contribution is 8.18. The molecule has 0 aliphatic carbocycles. The molecule has 2 aromatic carbocycles. The van der Waals surface area contributed by atoms with Crippen LogP contribution < -0.4 is 4.74 Å². The molecule has 1 aromatic heterocycles. The standard InChI is InChI=1S/C24H19N3O3S/c1-3-27-23(28)22(31-24(27)26-18-8-10-19(29-2)11-9-18)14-20-12-13-21(30-20)17-6-4-16(15-25)5-7-17/h4-14H,3H2,1-2H3/b22-14-,26-24?. The summed E-state index contributed by atoms with van der Waals surface area (Å²) in [5.41, 5.74) is 2.21. The maximum Gasteiger partial charge on any atom is 0.266 e. The smallest absolute Gasteiger partial charge is 0.266 e. The fourth-order valence-electron chi connectivity index (χ4n) is 3.06. The second-order valence-corrected chi connectivity index (χ2v) is 7.65. The number of nitrogens with zero attached hydrogens (tertiary/aromatic N) is 3. The Morgan fingerprint density at radius 3 is 2.52 bits per heavy atom. The van der Waals surface area contributed by atoms with Crippen molar-refractivity contribution in [2.24, 2.45) is 4.99 Å². The Morgan fingerprint density at radius 1 is 1.13 bits per heavy atom. The quantitative estimate of drug-likeness (QED) is 0.504. The zero-order chi connectivity index (χ0) is 21.8. The summed E-state index contributed by atoms with van der Waals surface area (Å²) in [5, 5.41) is 9.56. The number of carbonyl (C=O) groups is 1. The average molecular weight is 430 g/mol. The Bertz CT molecular complexity index is 1200. The van der Waals surface area contributed by atoms with Crippen molar-refractivity contribution in [3.63, 3.8) is 0 Å². The number of thioether (sulfide) groups is 1. The highest BCUT2D eigenvalue weighted by Gasteiger charge is 2.32. The van der Waals surface area contributed by atoms with Crippen LogP contribution in [-0.4, -0.2) is 29.6 Å². The van der Waals surface area contributed by atoms with Crippen molar-refractivity contribution in [1.82, 2.24) is 4.90 Å². The van der Waals surface area contributed by atoms with Gasteiger partial charge in [0.25, 0.3) is 5.91 Å². The molecule has 1 saturated heterocycles. The van der Waals surface area contributed by atoms with E-state index in [1.54, 1.807) is 30.2 Å². The number of rotatable bonds is 5. The predicted molar refractivity (Wildman–Crippen MR) is 122 cm³/mol. The second-order valence-electron chi connectivity index (χ2n) is 6.64. The first-order valence-corrected chi connectivity index (χ1v) is 10.5. The van der Waals surface area contributed by atoms with Gasteiger partial charge in [0.15, 0.2) is 5.17 Å². The largest absolute Gasteiger partial charge is 0.497 e. The van der Waals surface area contributed by atoms with Gasteiger partial charge in [-0.15, -0.1) is 0 Å². The van der Waals surface area contributed by atoms with E-state index in [1.807, 2.05) is 55.5 Å². The van der Waals surface area contributed by atoms with Crippen molar-refractivity contribution >= 4 is 34.6 Å². The van der Waals surface area contributed by atoms with Gasteiger partial charge in [-0.3, -0.25) is 9.69 Å². The zero-order valence-electron chi connectivity index (χ0n) is 17.0. The molecule has 0 spiro atoms. The van der Waals surface area contributed by atoms with Gasteiger partial charge in [0.05, 0.1) is 29.3 Å². The van der Waals surface area contributed by atoms with E-state index in [0.29, 0.717) is 33.7 Å². The molecule has 2 heterocycles. The lowest BCUT2D eigenvalue weighted by molar-refractivity contribution is -0.122. The molecule has 1 aliphatic rings. The summed E-state index contributed by atoms with van der Waals surface area (Å²) in [6.07, 6.45) is 1.74. The number of ether oxygens (including phenoxy) is 1. The van der Waals surface area contributed by atoms with Gasteiger partial charge >= 0.3 is 0 Å². The number of nitriles is 1. The number of benzene rings is 2. The molecule has 1 aliphatic heterocycles. The van der Waals surface area contributed by atoms with Crippen LogP contribution in [0.2, 0.25) is 0 Å². The van der Waals surface area contributed by atoms with Crippen molar-refractivity contribution in [2.75, 3.05) is 13.7 Å². The Labute approximate surface area is 184 Å². The van der Waals surface area contributed by atoms with Gasteiger partial charge in [-0.05, 0) is 79.3 Å². The molecule has 31 heavy (non-hydrogen) atoms. The maximum absolute atomic E-state index is 12.9. The van der Waals surface area contributed by atoms with Gasteiger partial charge < -0.3 is 9.15 Å². The number of likely N-dealkylation sites (N-methyl/N-ethyl adjacent to an activating group) is 1. The van der Waals surface area contributed by atoms with Crippen LogP contribution in [0.5, 0.6) is 5.75 Å². The molecule has 0 saturated carbocycles. The summed E-state index contributed by atoms with van der Waals surface area (Å²) in [4.78, 5) is 19.7. The van der Waals surface area contributed by atoms with Gasteiger partial charge in [-0.25, -0.2) is 4.99 Å². The Balaban J connectivity index is 1.58. The fraction of sp³-hybridized carbons (Fsp3) is 0.125. The number of methoxy groups -OCH3 is 1. The highest BCUT2D eigenvalue weighted by Crippen LogP contribution is 2.35. The average Bonchev–Trinajstić information content (AvgIpc) is 3.39. The molecule has 1 amide bonds. The van der Waals surface area contributed by atoms with Crippen LogP contribution >= 0.6 is 11.8 Å². The molecule has 1 fully saturated rings. The molecular formula is C24H19N3O3S. The highest BCUT2D eigenvalue weighted by atomic mass is 32.2. The minimum atomic E-state index is -0.101. The lowest BCUT2D eigenvalue weighted by atomic mass is 10.1. The minimum absolute atomic E-state index is 0.101. The molecule has 7 heteroatoms. The summed E-state index contributed by atoms with van der Waals surface area (Å²) in [6, 6.07) is 20.3. The lowest BCUT2D eigenvalue weighted by Gasteiger charge is -2.12. The molecule has 4 rings (SSSR count). The van der Waals surface area contributed by atoms with Crippen LogP contribution in [-0.2, 0) is 4.79 Å². The summed E-state index contributed by atoms with van der Waals surface area (Å²) >= 11 is 1.32. The molecule has 0 bridgehead atoms. The van der Waals surface area contributed by atoms with Gasteiger partial charge in [-0.1, -0.05) is 0 Å². The first kappa shape index (κ1) is 20.5. The normalized spacial score (nSPS) is 16.2. The zero-order valence-corrected chi connectivity index (χ0v) is 17.8. The van der Waals surface area contributed by atoms with Crippen molar-refractivity contribution in [1.29, 1.82) is 5.26 Å². The number of furan rings is 1. The van der Waals surface area contributed by atoms with E-state index in [9.17, 15) is 4.79 Å². The van der Waals surface area contributed by atoms with Crippen LogP contribution in [0.4, 0.5) is 5.69 Å². The molecule has 6 nitrogen and oxygen atoms in total. The molecule has 3 aromatic rings. The first-order chi connectivity index (χ1) is 15.1. The van der Waals surface area contributed by atoms with E-state index >= 15 is 0 Å². The van der Waals surface area contributed by atoms with E-state index in [1.165, 1.54) is 11.8 Å². The second kappa shape index (κ2) is 8.94. The van der Waals surface area contributed by atoms with Crippen LogP contribution in [0, 0.1) is 11.3 Å². The van der Waals surface area contributed by atoms with Gasteiger partial charge in [0.2, 0.25) is 0 Å². The Hall–Kier alpha value is -3.76. The SMILES string of the molecule is CCN1C(=O)/C(=C/c2ccc(-c3ccc(C#N)cc3)o2)SC1=Nc1ccc(OC)cc1. The van der Waals surface area contributed by atoms with Gasteiger partial charge in [0, 0.05) is 18.2 Å². The first-order valence-electron chi connectivity index (χ1n) is 9.66. The minimum Gasteiger partial charge on any atom is -0.497 e. The number of amides is 1. The summed E-state index contributed by atoms with van der Waals surface area (Å²) in [7, 11) is 1.61. The van der Waals surface area contributed by atoms with Crippen molar-refractivity contribution in [3.8, 4) is 23.1 Å². The van der Waals surface area contributed by atoms with E-state index in [2.05, 4.69) is 11.1 Å². The third kappa shape index (κ3) is 4.39. The summed E-state index contributed by atoms with van der Waals surface area (Å²) in [5.74, 6) is 1.90. The number of aliphatic imine (C=N–C) groups is 1. The van der Waals surface area contributed by atoms with Crippen molar-refractivity contribution < 1.29 is 13.9 Å². The Morgan fingerprint density at radius 2 is 1.87 bits per heavy atom. The van der Waals surface area contributed by atoms with E-state index < -0.39 is 0 Å². The van der Waals surface area contributed by atoms with E-state index in [4.69, 9.17) is 14.4 Å². The van der Waals surface area contributed by atoms with Crippen LogP contribution in [0.15, 0.2) is 75.0 Å². The van der Waals surface area contributed by atoms with Crippen molar-refractivity contribution in [2.45, 2.75) is 6.92 Å². The predicted octanol–water partition coefficient (Wildman–Crippen LogP) is 5.45. The van der Waals surface area contributed by atoms with Gasteiger partial charge in [0.1, 0.15) is 17.3 Å². The molecule has 154 valence electrons. The molecule has 0 radical (unpaired) electrons. The monoisotopic (exact) mass is 429 g/mol. The molecule has 0 atom stereocenters. The van der Waals surface area contributed by atoms with E-state index in [-0.39, 0.29) is 5.91 Å². The van der Waals surface area contributed by atoms with Crippen LogP contribution in [0.3, 0.4) is 0 Å². The Kier molecular flexibility index (Phi) is 5.92. The van der Waals surface area contributed by atoms with Crippen molar-refractivity contribution in [3.05, 3.63) is 76.9 Å². The lowest BCUT2D eigenvalue weighted by Crippen LogP contribution is -2.28. The fourth-order valence-corrected chi connectivity index (χ4v) is 4.10. The summed E-state index contributed by atoms with van der Waals surface area (Å²) in [6.45, 7) is 2.44. The third-order valence-corrected chi connectivity index (χ3v) is 5.71.